The molecular formula is C26H27F3N8O3. The molecule has 0 saturated carbocycles. The lowest BCUT2D eigenvalue weighted by molar-refractivity contribution is 0.102. The van der Waals surface area contributed by atoms with Crippen molar-refractivity contribution in [3.8, 4) is 11.5 Å². The molecule has 0 atom stereocenters. The van der Waals surface area contributed by atoms with Crippen LogP contribution < -0.4 is 32.5 Å². The average molecular weight is 557 g/mol. The third kappa shape index (κ3) is 5.86. The van der Waals surface area contributed by atoms with Crippen LogP contribution in [0.1, 0.15) is 35.7 Å². The molecule has 0 unspecified atom stereocenters. The summed E-state index contributed by atoms with van der Waals surface area (Å²) < 4.78 is 48.2. The lowest BCUT2D eigenvalue weighted by atomic mass is 10.0. The zero-order valence-corrected chi connectivity index (χ0v) is 21.3. The van der Waals surface area contributed by atoms with Gasteiger partial charge in [0.1, 0.15) is 5.82 Å². The van der Waals surface area contributed by atoms with Crippen molar-refractivity contribution >= 4 is 29.1 Å². The molecular weight excluding hydrogens is 529 g/mol. The van der Waals surface area contributed by atoms with Gasteiger partial charge >= 0.3 is 5.69 Å². The fraction of sp³-hybridized carbons (Fsp3) is 0.308. The first-order valence-corrected chi connectivity index (χ1v) is 12.6. The molecule has 0 aliphatic carbocycles. The number of likely N-dealkylation sites (tertiary alicyclic amines) is 1. The van der Waals surface area contributed by atoms with Gasteiger partial charge in [-0.05, 0) is 44.0 Å². The fourth-order valence-electron chi connectivity index (χ4n) is 4.72. The minimum Gasteiger partial charge on any atom is -0.450 e. The summed E-state index contributed by atoms with van der Waals surface area (Å²) in [5.74, 6) is -3.53. The SMILES string of the molecule is NC(N)=NCCCN1CCC(n2cc3c(nc2=O)Nc2cc(C(=O)Nc4cc(F)c(F)cc4F)ccc2O3)CC1. The number of fused-ring (bicyclic) bond motifs is 2. The normalized spacial score (nSPS) is 14.9. The molecule has 3 heterocycles. The molecule has 1 amide bonds. The highest BCUT2D eigenvalue weighted by Gasteiger charge is 2.26. The highest BCUT2D eigenvalue weighted by atomic mass is 19.2. The second-order valence-electron chi connectivity index (χ2n) is 9.51. The average Bonchev–Trinajstić information content (AvgIpc) is 2.92. The Morgan fingerprint density at radius 2 is 1.85 bits per heavy atom. The number of guanidine groups is 1. The van der Waals surface area contributed by atoms with Crippen LogP contribution in [-0.4, -0.2) is 52.5 Å². The van der Waals surface area contributed by atoms with Crippen molar-refractivity contribution in [1.82, 2.24) is 14.5 Å². The number of halogens is 3. The molecule has 3 aromatic rings. The van der Waals surface area contributed by atoms with E-state index < -0.39 is 34.7 Å². The summed E-state index contributed by atoms with van der Waals surface area (Å²) in [7, 11) is 0. The van der Waals surface area contributed by atoms with E-state index in [1.807, 2.05) is 0 Å². The number of nitrogens with zero attached hydrogens (tertiary/aromatic N) is 4. The molecule has 1 saturated heterocycles. The van der Waals surface area contributed by atoms with Gasteiger partial charge in [0.05, 0.1) is 17.6 Å². The van der Waals surface area contributed by atoms with E-state index >= 15 is 0 Å². The number of nitrogens with two attached hydrogens (primary N) is 2. The molecule has 0 radical (unpaired) electrons. The fourth-order valence-corrected chi connectivity index (χ4v) is 4.72. The highest BCUT2D eigenvalue weighted by molar-refractivity contribution is 6.05. The van der Waals surface area contributed by atoms with Gasteiger partial charge in [-0.2, -0.15) is 4.98 Å². The molecule has 0 spiro atoms. The third-order valence-electron chi connectivity index (χ3n) is 6.77. The smallest absolute Gasteiger partial charge is 0.350 e. The first kappa shape index (κ1) is 27.0. The molecule has 40 heavy (non-hydrogen) atoms. The van der Waals surface area contributed by atoms with Gasteiger partial charge in [-0.25, -0.2) is 18.0 Å². The first-order chi connectivity index (χ1) is 19.2. The largest absolute Gasteiger partial charge is 0.450 e. The van der Waals surface area contributed by atoms with E-state index in [0.717, 1.165) is 38.9 Å². The van der Waals surface area contributed by atoms with Crippen LogP contribution in [0.2, 0.25) is 0 Å². The van der Waals surface area contributed by atoms with Gasteiger partial charge < -0.3 is 31.7 Å². The predicted molar refractivity (Wildman–Crippen MR) is 143 cm³/mol. The molecule has 14 heteroatoms. The second-order valence-corrected chi connectivity index (χ2v) is 9.51. The van der Waals surface area contributed by atoms with Gasteiger partial charge in [0.2, 0.25) is 0 Å². The highest BCUT2D eigenvalue weighted by Crippen LogP contribution is 2.41. The Balaban J connectivity index is 1.25. The van der Waals surface area contributed by atoms with Crippen molar-refractivity contribution in [2.75, 3.05) is 36.8 Å². The number of hydrogen-bond donors (Lipinski definition) is 4. The van der Waals surface area contributed by atoms with Crippen molar-refractivity contribution < 1.29 is 22.7 Å². The minimum atomic E-state index is -1.36. The molecule has 1 fully saturated rings. The molecule has 210 valence electrons. The van der Waals surface area contributed by atoms with Gasteiger partial charge in [0.25, 0.3) is 5.91 Å². The standard InChI is InChI=1S/C26H27F3N8O3/c27-16-11-18(29)19(12-17(16)28)34-24(38)14-2-3-21-20(10-14)33-23-22(40-21)13-37(26(39)35-23)15-4-8-36(9-5-15)7-1-6-32-25(30)31/h2-3,10-13,15H,1,4-9H2,(H,34,38)(H4,30,31,32)(H,33,35,39). The Morgan fingerprint density at radius 1 is 1.10 bits per heavy atom. The third-order valence-corrected chi connectivity index (χ3v) is 6.77. The zero-order valence-electron chi connectivity index (χ0n) is 21.3. The van der Waals surface area contributed by atoms with Crippen LogP contribution in [0.15, 0.2) is 46.3 Å². The zero-order chi connectivity index (χ0) is 28.4. The number of piperidine rings is 1. The molecule has 2 aliphatic heterocycles. The van der Waals surface area contributed by atoms with Crippen LogP contribution in [0.4, 0.5) is 30.4 Å². The lowest BCUT2D eigenvalue weighted by Crippen LogP contribution is -2.38. The predicted octanol–water partition coefficient (Wildman–Crippen LogP) is 3.06. The Morgan fingerprint density at radius 3 is 2.60 bits per heavy atom. The maximum atomic E-state index is 13.9. The van der Waals surface area contributed by atoms with E-state index in [2.05, 4.69) is 25.5 Å². The summed E-state index contributed by atoms with van der Waals surface area (Å²) in [5, 5.41) is 5.21. The number of benzene rings is 2. The number of aliphatic imine (C=N–C) groups is 1. The van der Waals surface area contributed by atoms with Crippen molar-refractivity contribution in [2.45, 2.75) is 25.3 Å². The Kier molecular flexibility index (Phi) is 7.60. The van der Waals surface area contributed by atoms with Gasteiger partial charge in [-0.1, -0.05) is 0 Å². The summed E-state index contributed by atoms with van der Waals surface area (Å²) in [6.45, 7) is 3.07. The Hall–Kier alpha value is -4.59. The molecule has 0 bridgehead atoms. The van der Waals surface area contributed by atoms with E-state index in [4.69, 9.17) is 16.2 Å². The van der Waals surface area contributed by atoms with E-state index in [0.29, 0.717) is 35.9 Å². The topological polar surface area (TPSA) is 153 Å². The second kappa shape index (κ2) is 11.3. The number of rotatable bonds is 7. The maximum Gasteiger partial charge on any atom is 0.350 e. The van der Waals surface area contributed by atoms with E-state index in [9.17, 15) is 22.8 Å². The number of carbonyl (C=O) groups excluding carboxylic acids is 1. The van der Waals surface area contributed by atoms with Crippen molar-refractivity contribution in [3.05, 3.63) is 70.0 Å². The van der Waals surface area contributed by atoms with Crippen LogP contribution in [0, 0.1) is 17.5 Å². The van der Waals surface area contributed by atoms with Crippen LogP contribution in [0.3, 0.4) is 0 Å². The number of hydrogen-bond acceptors (Lipinski definition) is 7. The summed E-state index contributed by atoms with van der Waals surface area (Å²) >= 11 is 0. The lowest BCUT2D eigenvalue weighted by Gasteiger charge is -2.33. The number of carbonyl (C=O) groups is 1. The van der Waals surface area contributed by atoms with Crippen molar-refractivity contribution in [3.63, 3.8) is 0 Å². The van der Waals surface area contributed by atoms with Crippen LogP contribution in [0.25, 0.3) is 0 Å². The number of amides is 1. The summed E-state index contributed by atoms with van der Waals surface area (Å²) in [4.78, 5) is 36.0. The van der Waals surface area contributed by atoms with E-state index in [1.165, 1.54) is 18.2 Å². The summed E-state index contributed by atoms with van der Waals surface area (Å²) in [6.07, 6.45) is 4.01. The maximum absolute atomic E-state index is 13.9. The van der Waals surface area contributed by atoms with Crippen LogP contribution >= 0.6 is 0 Å². The number of nitrogens with one attached hydrogen (secondary N) is 2. The molecule has 6 N–H and O–H groups in total. The number of aromatic nitrogens is 2. The van der Waals surface area contributed by atoms with Gasteiger partial charge in [-0.3, -0.25) is 14.4 Å². The number of anilines is 3. The Bertz CT molecular complexity index is 1530. The first-order valence-electron chi connectivity index (χ1n) is 12.6. The van der Waals surface area contributed by atoms with Gasteiger partial charge in [0.15, 0.2) is 34.9 Å². The number of ether oxygens (including phenoxy) is 1. The molecule has 2 aromatic carbocycles. The molecule has 1 aromatic heterocycles. The summed E-state index contributed by atoms with van der Waals surface area (Å²) in [6, 6.07) is 5.26. The molecule has 11 nitrogen and oxygen atoms in total. The van der Waals surface area contributed by atoms with Crippen molar-refractivity contribution in [2.24, 2.45) is 16.5 Å². The summed E-state index contributed by atoms with van der Waals surface area (Å²) in [5.41, 5.74) is 10.2. The van der Waals surface area contributed by atoms with Crippen LogP contribution in [-0.2, 0) is 0 Å². The molecule has 2 aliphatic rings. The van der Waals surface area contributed by atoms with E-state index in [-0.39, 0.29) is 23.4 Å². The van der Waals surface area contributed by atoms with Crippen molar-refractivity contribution in [1.29, 1.82) is 0 Å². The quantitative estimate of drug-likeness (QED) is 0.117. The van der Waals surface area contributed by atoms with E-state index in [1.54, 1.807) is 10.8 Å². The Labute approximate surface area is 226 Å². The minimum absolute atomic E-state index is 0.0352. The molecule has 5 rings (SSSR count). The monoisotopic (exact) mass is 556 g/mol. The van der Waals surface area contributed by atoms with Gasteiger partial charge in [-0.15, -0.1) is 0 Å². The van der Waals surface area contributed by atoms with Crippen LogP contribution in [0.5, 0.6) is 11.5 Å². The van der Waals surface area contributed by atoms with Gasteiger partial charge in [0, 0.05) is 43.4 Å².